The molecule has 10 heteroatoms. The minimum Gasteiger partial charge on any atom is -0.309 e. The van der Waals surface area contributed by atoms with E-state index in [1.165, 1.54) is 21.5 Å². The summed E-state index contributed by atoms with van der Waals surface area (Å²) in [6.45, 7) is 0. The summed E-state index contributed by atoms with van der Waals surface area (Å²) in [6, 6.07) is 150. The Bertz CT molecular complexity index is 8370. The summed E-state index contributed by atoms with van der Waals surface area (Å²) in [5.41, 5.74) is 27.8. The molecule has 10 nitrogen and oxygen atoms in total. The monoisotopic (exact) mass is 1570 g/mol. The lowest BCUT2D eigenvalue weighted by atomic mass is 9.83. The normalized spacial score (nSPS) is 11.2. The van der Waals surface area contributed by atoms with Gasteiger partial charge in [0.2, 0.25) is 0 Å². The molecule has 0 aliphatic carbocycles. The molecule has 124 heavy (non-hydrogen) atoms. The van der Waals surface area contributed by atoms with E-state index in [0.29, 0.717) is 55.6 Å². The van der Waals surface area contributed by atoms with Crippen molar-refractivity contribution in [2.24, 2.45) is 0 Å². The SMILES string of the molecule is N#Cc1cc(-c2cc(-c3ccccc3)c(C#N)c(-c3ccccc3)c2C#N)ccc1-c1ccc2c(c1)c1c3c4ccccc4n(-c4ccccc4)c3ccc1n2-c1ccccc1.N#Cc1cc(-c2cc(-c3ccccc3)c(C#N)c(-c3ccccc3)c2C#N)ccc1-c1ccc2c3c4c5ccccc5n(-c5ccccc5)c4ccc3n(-c3ccccc3)c2c1. The smallest absolute Gasteiger partial charge is 0.100 e. The molecule has 0 N–H and O–H groups in total. The van der Waals surface area contributed by atoms with E-state index < -0.39 is 0 Å². The van der Waals surface area contributed by atoms with Crippen LogP contribution in [-0.4, -0.2) is 18.3 Å². The first-order valence-corrected chi connectivity index (χ1v) is 40.9. The summed E-state index contributed by atoms with van der Waals surface area (Å²) in [6.07, 6.45) is 0. The highest BCUT2D eigenvalue weighted by atomic mass is 15.0. The van der Waals surface area contributed by atoms with Gasteiger partial charge in [0.1, 0.15) is 24.3 Å². The van der Waals surface area contributed by atoms with Crippen molar-refractivity contribution >= 4 is 87.2 Å². The molecule has 0 spiro atoms. The third-order valence-electron chi connectivity index (χ3n) is 24.1. The zero-order chi connectivity index (χ0) is 83.5. The molecule has 0 fully saturated rings. The Hall–Kier alpha value is -17.9. The van der Waals surface area contributed by atoms with Gasteiger partial charge in [0.15, 0.2) is 0 Å². The predicted molar refractivity (Wildman–Crippen MR) is 502 cm³/mol. The highest BCUT2D eigenvalue weighted by molar-refractivity contribution is 6.31. The second-order valence-corrected chi connectivity index (χ2v) is 30.7. The Morgan fingerprint density at radius 3 is 0.774 bits per heavy atom. The lowest BCUT2D eigenvalue weighted by Crippen LogP contribution is -1.98. The molecule has 0 unspecified atom stereocenters. The van der Waals surface area contributed by atoms with Crippen molar-refractivity contribution < 1.29 is 0 Å². The Morgan fingerprint density at radius 2 is 0.419 bits per heavy atom. The summed E-state index contributed by atoms with van der Waals surface area (Å²) in [5, 5.41) is 73.7. The lowest BCUT2D eigenvalue weighted by molar-refractivity contribution is 1.17. The van der Waals surface area contributed by atoms with Gasteiger partial charge in [-0.1, -0.05) is 273 Å². The van der Waals surface area contributed by atoms with Crippen molar-refractivity contribution in [1.29, 1.82) is 31.6 Å². The molecule has 4 heterocycles. The van der Waals surface area contributed by atoms with Crippen LogP contribution in [0.15, 0.2) is 400 Å². The van der Waals surface area contributed by atoms with E-state index in [1.54, 1.807) is 0 Å². The molecule has 0 atom stereocenters. The van der Waals surface area contributed by atoms with Crippen LogP contribution in [0.3, 0.4) is 0 Å². The number of nitriles is 6. The number of benzene rings is 18. The van der Waals surface area contributed by atoms with Crippen LogP contribution in [0.1, 0.15) is 33.4 Å². The third-order valence-corrected chi connectivity index (χ3v) is 24.1. The van der Waals surface area contributed by atoms with Crippen LogP contribution in [-0.2, 0) is 0 Å². The number of aromatic nitrogens is 4. The van der Waals surface area contributed by atoms with Crippen molar-refractivity contribution in [3.63, 3.8) is 0 Å². The van der Waals surface area contributed by atoms with E-state index in [-0.39, 0.29) is 0 Å². The van der Waals surface area contributed by atoms with Crippen molar-refractivity contribution in [3.05, 3.63) is 434 Å². The average molecular weight is 1580 g/mol. The van der Waals surface area contributed by atoms with Gasteiger partial charge in [0.25, 0.3) is 0 Å². The minimum absolute atomic E-state index is 0.387. The van der Waals surface area contributed by atoms with Gasteiger partial charge < -0.3 is 18.3 Å². The molecule has 0 radical (unpaired) electrons. The van der Waals surface area contributed by atoms with Crippen LogP contribution < -0.4 is 0 Å². The van der Waals surface area contributed by atoms with Gasteiger partial charge in [-0.05, 0) is 183 Å². The first-order chi connectivity index (χ1) is 61.3. The van der Waals surface area contributed by atoms with Crippen LogP contribution in [0.4, 0.5) is 0 Å². The number of hydrogen-bond donors (Lipinski definition) is 0. The molecular formula is C114H66N10. The van der Waals surface area contributed by atoms with Crippen LogP contribution >= 0.6 is 0 Å². The molecule has 4 aromatic heterocycles. The van der Waals surface area contributed by atoms with E-state index in [1.807, 2.05) is 194 Å². The molecule has 0 saturated carbocycles. The Morgan fingerprint density at radius 1 is 0.161 bits per heavy atom. The van der Waals surface area contributed by atoms with E-state index in [0.717, 1.165) is 155 Å². The van der Waals surface area contributed by atoms with Gasteiger partial charge in [-0.25, -0.2) is 0 Å². The first kappa shape index (κ1) is 73.7. The molecular weight excluding hydrogens is 1510 g/mol. The zero-order valence-electron chi connectivity index (χ0n) is 66.6. The molecule has 22 aromatic rings. The molecule has 572 valence electrons. The van der Waals surface area contributed by atoms with E-state index in [4.69, 9.17) is 0 Å². The highest BCUT2D eigenvalue weighted by Gasteiger charge is 2.29. The number of nitrogens with zero attached hydrogens (tertiary/aromatic N) is 10. The second-order valence-electron chi connectivity index (χ2n) is 30.7. The van der Waals surface area contributed by atoms with Crippen molar-refractivity contribution in [2.75, 3.05) is 0 Å². The number of para-hydroxylation sites is 6. The number of hydrogen-bond acceptors (Lipinski definition) is 6. The van der Waals surface area contributed by atoms with Crippen molar-refractivity contribution in [3.8, 4) is 148 Å². The highest BCUT2D eigenvalue weighted by Crippen LogP contribution is 2.49. The molecule has 0 bridgehead atoms. The van der Waals surface area contributed by atoms with Crippen LogP contribution in [0.25, 0.3) is 199 Å². The van der Waals surface area contributed by atoms with Crippen LogP contribution in [0.5, 0.6) is 0 Å². The van der Waals surface area contributed by atoms with E-state index >= 15 is 0 Å². The molecule has 22 rings (SSSR count). The maximum absolute atomic E-state index is 10.9. The second kappa shape index (κ2) is 30.9. The predicted octanol–water partition coefficient (Wildman–Crippen LogP) is 28.3. The average Bonchev–Trinajstić information content (AvgIpc) is 1.54. The van der Waals surface area contributed by atoms with Crippen molar-refractivity contribution in [2.45, 2.75) is 0 Å². The Labute approximate surface area is 714 Å². The van der Waals surface area contributed by atoms with E-state index in [2.05, 4.69) is 261 Å². The molecule has 0 aliphatic heterocycles. The number of rotatable bonds is 12. The first-order valence-electron chi connectivity index (χ1n) is 40.9. The summed E-state index contributed by atoms with van der Waals surface area (Å²) in [7, 11) is 0. The van der Waals surface area contributed by atoms with Crippen molar-refractivity contribution in [1.82, 2.24) is 18.3 Å². The van der Waals surface area contributed by atoms with Gasteiger partial charge in [-0.2, -0.15) is 31.6 Å². The van der Waals surface area contributed by atoms with Gasteiger partial charge in [-0.3, -0.25) is 0 Å². The Balaban J connectivity index is 0.000000152. The summed E-state index contributed by atoms with van der Waals surface area (Å²) < 4.78 is 9.36. The third kappa shape index (κ3) is 12.1. The lowest BCUT2D eigenvalue weighted by Gasteiger charge is -2.17. The molecule has 18 aromatic carbocycles. The molecule has 0 saturated heterocycles. The van der Waals surface area contributed by atoms with Gasteiger partial charge in [0.05, 0.1) is 89.7 Å². The Kier molecular flexibility index (Phi) is 18.3. The topological polar surface area (TPSA) is 162 Å². The van der Waals surface area contributed by atoms with Crippen LogP contribution in [0.2, 0.25) is 0 Å². The molecule has 0 aliphatic rings. The largest absolute Gasteiger partial charge is 0.309 e. The van der Waals surface area contributed by atoms with Gasteiger partial charge in [0, 0.05) is 99.2 Å². The maximum Gasteiger partial charge on any atom is 0.100 e. The van der Waals surface area contributed by atoms with E-state index in [9.17, 15) is 31.6 Å². The standard InChI is InChI=1S/2C57H33N5/c58-34-41-31-39(47-33-46(37-15-5-1-6-16-37)49(35-59)55(50(47)36-60)38-17-7-2-8-18-38)25-27-44(41)40-26-28-52-48(32-40)57-54(62(52)43-21-11-4-12-22-43)30-29-53-56(57)45-23-13-14-24-51(45)61(53)42-19-9-3-10-20-42;58-34-41-31-39(48-33-47(37-15-5-1-6-16-37)49(35-59)55(50(48)36-60)38-17-7-2-8-18-38)25-27-44(41)40-26-28-46-54(32-40)62(43-21-11-4-12-22-43)53-30-29-52-56(57(46)53)45-23-13-14-24-51(45)61(52)42-19-9-3-10-20-42/h2*1-33H. The fourth-order valence-electron chi connectivity index (χ4n) is 18.8. The summed E-state index contributed by atoms with van der Waals surface area (Å²) in [5.74, 6) is 0. The quantitative estimate of drug-likeness (QED) is 0.118. The summed E-state index contributed by atoms with van der Waals surface area (Å²) >= 11 is 0. The van der Waals surface area contributed by atoms with Gasteiger partial charge in [-0.15, -0.1) is 0 Å². The zero-order valence-corrected chi connectivity index (χ0v) is 66.6. The molecule has 0 amide bonds. The number of fused-ring (bicyclic) bond motifs is 14. The minimum atomic E-state index is 0.387. The van der Waals surface area contributed by atoms with Crippen LogP contribution in [0, 0.1) is 68.0 Å². The summed E-state index contributed by atoms with van der Waals surface area (Å²) in [4.78, 5) is 0. The van der Waals surface area contributed by atoms with Gasteiger partial charge >= 0.3 is 0 Å². The fourth-order valence-corrected chi connectivity index (χ4v) is 18.8. The fraction of sp³-hybridized carbons (Fsp3) is 0. The maximum atomic E-state index is 10.9.